The third-order valence-electron chi connectivity index (χ3n) is 1.49. The Labute approximate surface area is 92.3 Å². The van der Waals surface area contributed by atoms with Crippen LogP contribution < -0.4 is 0 Å². The normalized spacial score (nSPS) is 9.07. The zero-order chi connectivity index (χ0) is 11.5. The van der Waals surface area contributed by atoms with Gasteiger partial charge >= 0.3 is 5.97 Å². The molecule has 0 bridgehead atoms. The van der Waals surface area contributed by atoms with Crippen molar-refractivity contribution < 1.29 is 9.53 Å². The molecular weight excluding hydrogens is 188 g/mol. The molecule has 0 saturated carbocycles. The van der Waals surface area contributed by atoms with Crippen molar-refractivity contribution in [2.24, 2.45) is 0 Å². The fourth-order valence-corrected chi connectivity index (χ4v) is 0.911. The minimum absolute atomic E-state index is 0.0315. The van der Waals surface area contributed by atoms with Crippen LogP contribution in [0.1, 0.15) is 33.6 Å². The fraction of sp³-hybridized carbons (Fsp3) is 0.462. The van der Waals surface area contributed by atoms with Crippen LogP contribution in [0, 0.1) is 0 Å². The number of carbonyl (C=O) groups is 1. The van der Waals surface area contributed by atoms with E-state index in [0.717, 1.165) is 6.42 Å². The Morgan fingerprint density at radius 1 is 1.07 bits per heavy atom. The van der Waals surface area contributed by atoms with Crippen molar-refractivity contribution in [3.63, 3.8) is 0 Å². The number of rotatable bonds is 3. The number of hydrogen-bond acceptors (Lipinski definition) is 2. The highest BCUT2D eigenvalue weighted by molar-refractivity contribution is 5.69. The summed E-state index contributed by atoms with van der Waals surface area (Å²) in [5.74, 6) is -0.0903. The summed E-state index contributed by atoms with van der Waals surface area (Å²) >= 11 is 0. The molecule has 15 heavy (non-hydrogen) atoms. The second-order valence-corrected chi connectivity index (χ2v) is 3.44. The van der Waals surface area contributed by atoms with E-state index in [0.29, 0.717) is 6.42 Å². The molecule has 1 aromatic rings. The first kappa shape index (κ1) is 13.7. The van der Waals surface area contributed by atoms with E-state index in [1.54, 1.807) is 0 Å². The van der Waals surface area contributed by atoms with E-state index in [4.69, 9.17) is 4.74 Å². The highest BCUT2D eigenvalue weighted by atomic mass is 16.5. The van der Waals surface area contributed by atoms with E-state index in [-0.39, 0.29) is 12.1 Å². The van der Waals surface area contributed by atoms with Crippen LogP contribution in [-0.2, 0) is 9.53 Å². The third kappa shape index (κ3) is 10.6. The average molecular weight is 208 g/mol. The van der Waals surface area contributed by atoms with Crippen molar-refractivity contribution in [2.45, 2.75) is 39.7 Å². The summed E-state index contributed by atoms with van der Waals surface area (Å²) in [7, 11) is 0. The second kappa shape index (κ2) is 9.25. The van der Waals surface area contributed by atoms with Crippen molar-refractivity contribution in [3.05, 3.63) is 36.4 Å². The SMILES string of the molecule is CCCC(=O)OC(C)C.c1ccccc1. The Morgan fingerprint density at radius 2 is 1.47 bits per heavy atom. The summed E-state index contributed by atoms with van der Waals surface area (Å²) in [6.45, 7) is 5.67. The van der Waals surface area contributed by atoms with E-state index in [9.17, 15) is 4.79 Å². The number of hydrogen-bond donors (Lipinski definition) is 0. The van der Waals surface area contributed by atoms with E-state index < -0.39 is 0 Å². The van der Waals surface area contributed by atoms with Gasteiger partial charge in [0.1, 0.15) is 0 Å². The Hall–Kier alpha value is -1.31. The van der Waals surface area contributed by atoms with Crippen LogP contribution >= 0.6 is 0 Å². The Bertz CT molecular complexity index is 215. The van der Waals surface area contributed by atoms with Crippen LogP contribution in [-0.4, -0.2) is 12.1 Å². The molecule has 0 unspecified atom stereocenters. The molecule has 2 nitrogen and oxygen atoms in total. The summed E-state index contributed by atoms with van der Waals surface area (Å²) in [4.78, 5) is 10.6. The second-order valence-electron chi connectivity index (χ2n) is 3.44. The van der Waals surface area contributed by atoms with E-state index in [2.05, 4.69) is 0 Å². The van der Waals surface area contributed by atoms with Crippen molar-refractivity contribution in [2.75, 3.05) is 0 Å². The molecule has 0 aliphatic heterocycles. The lowest BCUT2D eigenvalue weighted by Gasteiger charge is -2.05. The van der Waals surface area contributed by atoms with Gasteiger partial charge in [-0.3, -0.25) is 4.79 Å². The number of esters is 1. The van der Waals surface area contributed by atoms with Gasteiger partial charge in [0.05, 0.1) is 6.10 Å². The van der Waals surface area contributed by atoms with Gasteiger partial charge in [-0.1, -0.05) is 43.3 Å². The molecule has 0 N–H and O–H groups in total. The molecule has 0 fully saturated rings. The maximum absolute atomic E-state index is 10.6. The largest absolute Gasteiger partial charge is 0.463 e. The van der Waals surface area contributed by atoms with Crippen LogP contribution in [0.25, 0.3) is 0 Å². The first-order valence-corrected chi connectivity index (χ1v) is 5.36. The predicted octanol–water partition coefficient (Wildman–Crippen LogP) is 3.42. The molecule has 1 rings (SSSR count). The molecular formula is C13H20O2. The number of ether oxygens (including phenoxy) is 1. The molecule has 0 atom stereocenters. The summed E-state index contributed by atoms with van der Waals surface area (Å²) < 4.78 is 4.85. The van der Waals surface area contributed by atoms with Gasteiger partial charge in [0.2, 0.25) is 0 Å². The summed E-state index contributed by atoms with van der Waals surface area (Å²) in [5, 5.41) is 0. The smallest absolute Gasteiger partial charge is 0.306 e. The predicted molar refractivity (Wildman–Crippen MR) is 62.6 cm³/mol. The van der Waals surface area contributed by atoms with Gasteiger partial charge in [0, 0.05) is 6.42 Å². The highest BCUT2D eigenvalue weighted by Crippen LogP contribution is 1.94. The van der Waals surface area contributed by atoms with Crippen LogP contribution in [0.2, 0.25) is 0 Å². The van der Waals surface area contributed by atoms with Gasteiger partial charge < -0.3 is 4.74 Å². The minimum atomic E-state index is -0.0903. The van der Waals surface area contributed by atoms with Gasteiger partial charge in [0.15, 0.2) is 0 Å². The maximum Gasteiger partial charge on any atom is 0.306 e. The molecule has 0 aliphatic carbocycles. The number of benzene rings is 1. The third-order valence-corrected chi connectivity index (χ3v) is 1.49. The minimum Gasteiger partial charge on any atom is -0.463 e. The Morgan fingerprint density at radius 3 is 1.73 bits per heavy atom. The molecule has 84 valence electrons. The van der Waals surface area contributed by atoms with E-state index in [1.165, 1.54) is 0 Å². The zero-order valence-corrected chi connectivity index (χ0v) is 9.77. The van der Waals surface area contributed by atoms with Crippen LogP contribution in [0.3, 0.4) is 0 Å². The van der Waals surface area contributed by atoms with Crippen molar-refractivity contribution in [1.29, 1.82) is 0 Å². The molecule has 0 saturated heterocycles. The fourth-order valence-electron chi connectivity index (χ4n) is 0.911. The maximum atomic E-state index is 10.6. The molecule has 0 aromatic heterocycles. The first-order valence-electron chi connectivity index (χ1n) is 5.36. The van der Waals surface area contributed by atoms with Gasteiger partial charge in [-0.05, 0) is 20.3 Å². The molecule has 0 spiro atoms. The van der Waals surface area contributed by atoms with Gasteiger partial charge in [-0.2, -0.15) is 0 Å². The van der Waals surface area contributed by atoms with Gasteiger partial charge in [-0.15, -0.1) is 0 Å². The molecule has 0 amide bonds. The monoisotopic (exact) mass is 208 g/mol. The molecule has 1 aromatic carbocycles. The van der Waals surface area contributed by atoms with E-state index in [1.807, 2.05) is 57.2 Å². The Balaban J connectivity index is 0.000000280. The van der Waals surface area contributed by atoms with Crippen LogP contribution in [0.4, 0.5) is 0 Å². The lowest BCUT2D eigenvalue weighted by atomic mass is 10.3. The molecule has 0 heterocycles. The van der Waals surface area contributed by atoms with Crippen molar-refractivity contribution >= 4 is 5.97 Å². The lowest BCUT2D eigenvalue weighted by Crippen LogP contribution is -2.10. The Kier molecular flexibility index (Phi) is 8.44. The number of carbonyl (C=O) groups excluding carboxylic acids is 1. The molecule has 2 heteroatoms. The summed E-state index contributed by atoms with van der Waals surface area (Å²) in [6.07, 6.45) is 1.44. The lowest BCUT2D eigenvalue weighted by molar-refractivity contribution is -0.147. The van der Waals surface area contributed by atoms with Crippen LogP contribution in [0.15, 0.2) is 36.4 Å². The molecule has 0 aliphatic rings. The van der Waals surface area contributed by atoms with E-state index >= 15 is 0 Å². The highest BCUT2D eigenvalue weighted by Gasteiger charge is 2.01. The van der Waals surface area contributed by atoms with Gasteiger partial charge in [-0.25, -0.2) is 0 Å². The molecule has 0 radical (unpaired) electrons. The quantitative estimate of drug-likeness (QED) is 0.711. The standard InChI is InChI=1S/C7H14O2.C6H6/c1-4-5-7(8)9-6(2)3;1-2-4-6-5-3-1/h6H,4-5H2,1-3H3;1-6H. The zero-order valence-electron chi connectivity index (χ0n) is 9.77. The first-order chi connectivity index (χ1) is 7.16. The summed E-state index contributed by atoms with van der Waals surface area (Å²) in [5.41, 5.74) is 0. The van der Waals surface area contributed by atoms with Crippen molar-refractivity contribution in [3.8, 4) is 0 Å². The van der Waals surface area contributed by atoms with Crippen molar-refractivity contribution in [1.82, 2.24) is 0 Å². The summed E-state index contributed by atoms with van der Waals surface area (Å²) in [6, 6.07) is 12.0. The van der Waals surface area contributed by atoms with Gasteiger partial charge in [0.25, 0.3) is 0 Å². The topological polar surface area (TPSA) is 26.3 Å². The average Bonchev–Trinajstić information content (AvgIpc) is 2.20. The van der Waals surface area contributed by atoms with Crippen LogP contribution in [0.5, 0.6) is 0 Å².